The fourth-order valence-electron chi connectivity index (χ4n) is 3.27. The van der Waals surface area contributed by atoms with Crippen molar-refractivity contribution in [2.45, 2.75) is 25.2 Å². The maximum Gasteiger partial charge on any atom is 0.246 e. The van der Waals surface area contributed by atoms with Gasteiger partial charge >= 0.3 is 0 Å². The van der Waals surface area contributed by atoms with Crippen LogP contribution in [0, 0.1) is 13.8 Å². The van der Waals surface area contributed by atoms with E-state index in [9.17, 15) is 13.2 Å². The zero-order valence-corrected chi connectivity index (χ0v) is 15.9. The Morgan fingerprint density at radius 3 is 2.35 bits per heavy atom. The molecular weight excluding hydrogens is 352 g/mol. The van der Waals surface area contributed by atoms with Crippen LogP contribution in [0.25, 0.3) is 0 Å². The van der Waals surface area contributed by atoms with Crippen LogP contribution >= 0.6 is 0 Å². The molecule has 0 aliphatic carbocycles. The number of hydrogen-bond acceptors (Lipinski definition) is 5. The number of piperazine rings is 1. The Morgan fingerprint density at radius 1 is 1.12 bits per heavy atom. The van der Waals surface area contributed by atoms with Crippen molar-refractivity contribution >= 4 is 15.8 Å². The fraction of sp³-hybridized carbons (Fsp3) is 0.444. The summed E-state index contributed by atoms with van der Waals surface area (Å²) in [6, 6.07) is 9.25. The molecule has 8 heteroatoms. The lowest BCUT2D eigenvalue weighted by atomic mass is 10.1. The average molecular weight is 376 g/mol. The number of hydrogen-bond donors (Lipinski definition) is 1. The van der Waals surface area contributed by atoms with Gasteiger partial charge in [0.25, 0.3) is 0 Å². The van der Waals surface area contributed by atoms with E-state index < -0.39 is 10.0 Å². The highest BCUT2D eigenvalue weighted by Crippen LogP contribution is 2.22. The number of aromatic nitrogens is 2. The van der Waals surface area contributed by atoms with Crippen molar-refractivity contribution in [1.82, 2.24) is 19.4 Å². The minimum absolute atomic E-state index is 0.116. The molecule has 140 valence electrons. The number of rotatable bonds is 6. The molecule has 1 aliphatic rings. The zero-order chi connectivity index (χ0) is 18.7. The first-order valence-electron chi connectivity index (χ1n) is 8.72. The predicted molar refractivity (Wildman–Crippen MR) is 98.7 cm³/mol. The van der Waals surface area contributed by atoms with E-state index in [1.165, 1.54) is 4.31 Å². The summed E-state index contributed by atoms with van der Waals surface area (Å²) in [6.07, 6.45) is 0.441. The Balaban J connectivity index is 1.55. The third kappa shape index (κ3) is 3.87. The SMILES string of the molecule is Cc1n[nH]c(C)c1S(=O)(=O)N1CCN(CCC(=O)c2ccccc2)CC1. The molecule has 3 rings (SSSR count). The first-order chi connectivity index (χ1) is 12.4. The summed E-state index contributed by atoms with van der Waals surface area (Å²) in [5, 5.41) is 6.73. The van der Waals surface area contributed by atoms with Gasteiger partial charge in [-0.3, -0.25) is 9.89 Å². The Morgan fingerprint density at radius 2 is 1.77 bits per heavy atom. The maximum absolute atomic E-state index is 12.8. The van der Waals surface area contributed by atoms with Crippen molar-refractivity contribution in [1.29, 1.82) is 0 Å². The van der Waals surface area contributed by atoms with Gasteiger partial charge in [-0.2, -0.15) is 9.40 Å². The van der Waals surface area contributed by atoms with E-state index in [2.05, 4.69) is 15.1 Å². The number of H-pyrrole nitrogens is 1. The van der Waals surface area contributed by atoms with Crippen LogP contribution in [0.1, 0.15) is 28.2 Å². The summed E-state index contributed by atoms with van der Waals surface area (Å²) in [5.74, 6) is 0.116. The van der Waals surface area contributed by atoms with E-state index in [1.54, 1.807) is 13.8 Å². The minimum atomic E-state index is -3.53. The summed E-state index contributed by atoms with van der Waals surface area (Å²) in [7, 11) is -3.53. The molecule has 0 amide bonds. The van der Waals surface area contributed by atoms with Crippen molar-refractivity contribution in [3.63, 3.8) is 0 Å². The molecule has 7 nitrogen and oxygen atoms in total. The first-order valence-corrected chi connectivity index (χ1v) is 10.2. The number of nitrogens with one attached hydrogen (secondary N) is 1. The average Bonchev–Trinajstić information content (AvgIpc) is 3.00. The number of nitrogens with zero attached hydrogens (tertiary/aromatic N) is 3. The standard InChI is InChI=1S/C18H24N4O3S/c1-14-18(15(2)20-19-14)26(24,25)22-12-10-21(11-13-22)9-8-17(23)16-6-4-3-5-7-16/h3-7H,8-13H2,1-2H3,(H,19,20). The molecular formula is C18H24N4O3S. The largest absolute Gasteiger partial charge is 0.300 e. The van der Waals surface area contributed by atoms with Crippen LogP contribution in [0.3, 0.4) is 0 Å². The predicted octanol–water partition coefficient (Wildman–Crippen LogP) is 1.61. The molecule has 26 heavy (non-hydrogen) atoms. The van der Waals surface area contributed by atoms with Gasteiger partial charge in [0.05, 0.1) is 11.4 Å². The molecule has 0 radical (unpaired) electrons. The third-order valence-electron chi connectivity index (χ3n) is 4.74. The van der Waals surface area contributed by atoms with Crippen LogP contribution in [0.5, 0.6) is 0 Å². The van der Waals surface area contributed by atoms with Crippen LogP contribution in [0.2, 0.25) is 0 Å². The summed E-state index contributed by atoms with van der Waals surface area (Å²) in [5.41, 5.74) is 1.79. The number of carbonyl (C=O) groups excluding carboxylic acids is 1. The van der Waals surface area contributed by atoms with Crippen molar-refractivity contribution < 1.29 is 13.2 Å². The van der Waals surface area contributed by atoms with Gasteiger partial charge in [-0.05, 0) is 13.8 Å². The van der Waals surface area contributed by atoms with Crippen molar-refractivity contribution in [3.05, 3.63) is 47.3 Å². The van der Waals surface area contributed by atoms with Crippen LogP contribution in [0.4, 0.5) is 0 Å². The molecule has 2 heterocycles. The van der Waals surface area contributed by atoms with Gasteiger partial charge in [0.1, 0.15) is 4.90 Å². The highest BCUT2D eigenvalue weighted by atomic mass is 32.2. The molecule has 0 unspecified atom stereocenters. The lowest BCUT2D eigenvalue weighted by Crippen LogP contribution is -2.49. The summed E-state index contributed by atoms with van der Waals surface area (Å²) < 4.78 is 27.2. The van der Waals surface area contributed by atoms with Gasteiger partial charge in [-0.15, -0.1) is 0 Å². The highest BCUT2D eigenvalue weighted by Gasteiger charge is 2.32. The molecule has 1 aliphatic heterocycles. The number of ketones is 1. The maximum atomic E-state index is 12.8. The van der Waals surface area contributed by atoms with E-state index in [1.807, 2.05) is 30.3 Å². The van der Waals surface area contributed by atoms with E-state index in [0.29, 0.717) is 50.5 Å². The molecule has 1 aromatic heterocycles. The molecule has 2 aromatic rings. The first kappa shape index (κ1) is 18.8. The Labute approximate surface area is 154 Å². The van der Waals surface area contributed by atoms with Gasteiger partial charge in [0, 0.05) is 44.7 Å². The van der Waals surface area contributed by atoms with Gasteiger partial charge < -0.3 is 4.90 Å². The third-order valence-corrected chi connectivity index (χ3v) is 6.90. The lowest BCUT2D eigenvalue weighted by Gasteiger charge is -2.33. The van der Waals surface area contributed by atoms with Crippen LogP contribution in [0.15, 0.2) is 35.2 Å². The molecule has 0 atom stereocenters. The van der Waals surface area contributed by atoms with Crippen LogP contribution < -0.4 is 0 Å². The van der Waals surface area contributed by atoms with Crippen LogP contribution in [-0.2, 0) is 10.0 Å². The monoisotopic (exact) mass is 376 g/mol. The minimum Gasteiger partial charge on any atom is -0.300 e. The number of sulfonamides is 1. The number of Topliss-reactive ketones (excluding diaryl/α,β-unsaturated/α-hetero) is 1. The number of carbonyl (C=O) groups is 1. The van der Waals surface area contributed by atoms with E-state index in [4.69, 9.17) is 0 Å². The van der Waals surface area contributed by atoms with Crippen molar-refractivity contribution in [2.75, 3.05) is 32.7 Å². The summed E-state index contributed by atoms with van der Waals surface area (Å²) >= 11 is 0. The van der Waals surface area contributed by atoms with E-state index >= 15 is 0 Å². The summed E-state index contributed by atoms with van der Waals surface area (Å²) in [4.78, 5) is 14.6. The number of aryl methyl sites for hydroxylation is 2. The lowest BCUT2D eigenvalue weighted by molar-refractivity contribution is 0.0952. The van der Waals surface area contributed by atoms with E-state index in [0.717, 1.165) is 5.56 Å². The smallest absolute Gasteiger partial charge is 0.246 e. The van der Waals surface area contributed by atoms with Gasteiger partial charge in [-0.25, -0.2) is 8.42 Å². The molecule has 1 saturated heterocycles. The van der Waals surface area contributed by atoms with Crippen molar-refractivity contribution in [3.8, 4) is 0 Å². The number of aromatic amines is 1. The fourth-order valence-corrected chi connectivity index (χ4v) is 5.03. The molecule has 0 saturated carbocycles. The molecule has 0 spiro atoms. The van der Waals surface area contributed by atoms with Gasteiger partial charge in [-0.1, -0.05) is 30.3 Å². The Hall–Kier alpha value is -2.03. The molecule has 1 aromatic carbocycles. The van der Waals surface area contributed by atoms with Gasteiger partial charge in [0.2, 0.25) is 10.0 Å². The quantitative estimate of drug-likeness (QED) is 0.774. The van der Waals surface area contributed by atoms with Crippen molar-refractivity contribution in [2.24, 2.45) is 0 Å². The number of benzene rings is 1. The highest BCUT2D eigenvalue weighted by molar-refractivity contribution is 7.89. The molecule has 0 bridgehead atoms. The van der Waals surface area contributed by atoms with Gasteiger partial charge in [0.15, 0.2) is 5.78 Å². The summed E-state index contributed by atoms with van der Waals surface area (Å²) in [6.45, 7) is 6.15. The second-order valence-electron chi connectivity index (χ2n) is 6.55. The second-order valence-corrected chi connectivity index (χ2v) is 8.42. The Kier molecular flexibility index (Phi) is 5.55. The van der Waals surface area contributed by atoms with E-state index in [-0.39, 0.29) is 10.7 Å². The Bertz CT molecular complexity index is 850. The molecule has 1 N–H and O–H groups in total. The topological polar surface area (TPSA) is 86.4 Å². The normalized spacial score (nSPS) is 16.7. The van der Waals surface area contributed by atoms with Crippen LogP contribution in [-0.4, -0.2) is 66.3 Å². The zero-order valence-electron chi connectivity index (χ0n) is 15.1. The second kappa shape index (κ2) is 7.69. The molecule has 1 fully saturated rings.